The highest BCUT2D eigenvalue weighted by atomic mass is 32.1. The smallest absolute Gasteiger partial charge is 0.337 e. The third-order valence-electron chi connectivity index (χ3n) is 3.24. The summed E-state index contributed by atoms with van der Waals surface area (Å²) in [6, 6.07) is 8.21. The summed E-state index contributed by atoms with van der Waals surface area (Å²) >= 11 is 1.46. The van der Waals surface area contributed by atoms with Gasteiger partial charge in [0.1, 0.15) is 0 Å². The summed E-state index contributed by atoms with van der Waals surface area (Å²) in [6.07, 6.45) is 0.838. The molecule has 0 aliphatic heterocycles. The van der Waals surface area contributed by atoms with Gasteiger partial charge in [0, 0.05) is 29.6 Å². The Balaban J connectivity index is 1.69. The van der Waals surface area contributed by atoms with Crippen molar-refractivity contribution in [2.75, 3.05) is 19.0 Å². The maximum Gasteiger partial charge on any atom is 0.337 e. The first-order valence-corrected chi connectivity index (χ1v) is 8.33. The van der Waals surface area contributed by atoms with Gasteiger partial charge in [-0.05, 0) is 42.1 Å². The summed E-state index contributed by atoms with van der Waals surface area (Å²) in [4.78, 5) is 34.9. The van der Waals surface area contributed by atoms with Crippen molar-refractivity contribution < 1.29 is 19.1 Å². The number of nitrogens with one attached hydrogen (secondary N) is 2. The fourth-order valence-corrected chi connectivity index (χ4v) is 2.61. The van der Waals surface area contributed by atoms with Gasteiger partial charge in [0.05, 0.1) is 12.7 Å². The summed E-state index contributed by atoms with van der Waals surface area (Å²) in [5.74, 6) is -0.699. The Morgan fingerprint density at radius 3 is 2.46 bits per heavy atom. The van der Waals surface area contributed by atoms with Gasteiger partial charge in [0.2, 0.25) is 5.91 Å². The monoisotopic (exact) mass is 346 g/mol. The van der Waals surface area contributed by atoms with Crippen molar-refractivity contribution in [1.29, 1.82) is 0 Å². The number of anilines is 1. The second-order valence-electron chi connectivity index (χ2n) is 4.99. The standard InChI is InChI=1S/C17H18N2O4S/c1-23-17(22)12-4-6-14(7-5-12)19-15(20)3-2-9-18-16(21)13-8-10-24-11-13/h4-8,10-11H,2-3,9H2,1H3,(H,18,21)(H,19,20). The molecule has 0 radical (unpaired) electrons. The van der Waals surface area contributed by atoms with Crippen molar-refractivity contribution in [1.82, 2.24) is 5.32 Å². The lowest BCUT2D eigenvalue weighted by Gasteiger charge is -2.07. The van der Waals surface area contributed by atoms with Gasteiger partial charge in [-0.2, -0.15) is 11.3 Å². The first-order chi connectivity index (χ1) is 11.6. The van der Waals surface area contributed by atoms with Gasteiger partial charge in [0.25, 0.3) is 5.91 Å². The van der Waals surface area contributed by atoms with Crippen molar-refractivity contribution in [3.8, 4) is 0 Å². The molecular weight excluding hydrogens is 328 g/mol. The van der Waals surface area contributed by atoms with E-state index in [2.05, 4.69) is 15.4 Å². The molecule has 24 heavy (non-hydrogen) atoms. The molecule has 0 aliphatic carbocycles. The van der Waals surface area contributed by atoms with Gasteiger partial charge in [-0.3, -0.25) is 9.59 Å². The first kappa shape index (κ1) is 17.7. The molecule has 7 heteroatoms. The molecule has 0 spiro atoms. The van der Waals surface area contributed by atoms with Crippen LogP contribution in [0, 0.1) is 0 Å². The molecule has 2 amide bonds. The van der Waals surface area contributed by atoms with Crippen LogP contribution >= 0.6 is 11.3 Å². The SMILES string of the molecule is COC(=O)c1ccc(NC(=O)CCCNC(=O)c2ccsc2)cc1. The molecule has 0 bridgehead atoms. The highest BCUT2D eigenvalue weighted by Crippen LogP contribution is 2.11. The Kier molecular flexibility index (Phi) is 6.51. The number of rotatable bonds is 7. The van der Waals surface area contributed by atoms with E-state index in [1.165, 1.54) is 18.4 Å². The molecule has 2 N–H and O–H groups in total. The molecule has 0 atom stereocenters. The van der Waals surface area contributed by atoms with Gasteiger partial charge in [-0.15, -0.1) is 0 Å². The van der Waals surface area contributed by atoms with Crippen LogP contribution in [0.4, 0.5) is 5.69 Å². The van der Waals surface area contributed by atoms with Crippen molar-refractivity contribution >= 4 is 34.8 Å². The second-order valence-corrected chi connectivity index (χ2v) is 5.77. The predicted molar refractivity (Wildman–Crippen MR) is 92.3 cm³/mol. The number of thiophene rings is 1. The minimum Gasteiger partial charge on any atom is -0.465 e. The topological polar surface area (TPSA) is 84.5 Å². The van der Waals surface area contributed by atoms with E-state index < -0.39 is 5.97 Å². The maximum absolute atomic E-state index is 11.8. The summed E-state index contributed by atoms with van der Waals surface area (Å²) in [7, 11) is 1.31. The number of ether oxygens (including phenoxy) is 1. The van der Waals surface area contributed by atoms with E-state index in [-0.39, 0.29) is 11.8 Å². The van der Waals surface area contributed by atoms with Crippen molar-refractivity contribution in [2.24, 2.45) is 0 Å². The van der Waals surface area contributed by atoms with E-state index in [0.717, 1.165) is 0 Å². The summed E-state index contributed by atoms with van der Waals surface area (Å²) in [5, 5.41) is 9.13. The van der Waals surface area contributed by atoms with Crippen LogP contribution in [0.5, 0.6) is 0 Å². The van der Waals surface area contributed by atoms with Crippen molar-refractivity contribution in [2.45, 2.75) is 12.8 Å². The zero-order chi connectivity index (χ0) is 17.4. The predicted octanol–water partition coefficient (Wildman–Crippen LogP) is 2.68. The van der Waals surface area contributed by atoms with Crippen molar-refractivity contribution in [3.05, 3.63) is 52.2 Å². The molecule has 2 rings (SSSR count). The Labute approximate surface area is 143 Å². The third kappa shape index (κ3) is 5.20. The summed E-state index contributed by atoms with van der Waals surface area (Å²) < 4.78 is 4.61. The molecule has 0 fully saturated rings. The van der Waals surface area contributed by atoms with Gasteiger partial charge in [-0.25, -0.2) is 4.79 Å². The van der Waals surface area contributed by atoms with Crippen LogP contribution in [-0.2, 0) is 9.53 Å². The minimum atomic E-state index is -0.422. The quantitative estimate of drug-likeness (QED) is 0.596. The molecule has 0 aliphatic rings. The Morgan fingerprint density at radius 1 is 1.08 bits per heavy atom. The summed E-state index contributed by atoms with van der Waals surface area (Å²) in [6.45, 7) is 0.434. The minimum absolute atomic E-state index is 0.130. The summed E-state index contributed by atoms with van der Waals surface area (Å²) in [5.41, 5.74) is 1.66. The average Bonchev–Trinajstić information content (AvgIpc) is 3.13. The third-order valence-corrected chi connectivity index (χ3v) is 3.92. The van der Waals surface area contributed by atoms with E-state index in [9.17, 15) is 14.4 Å². The molecule has 1 heterocycles. The lowest BCUT2D eigenvalue weighted by molar-refractivity contribution is -0.116. The number of benzene rings is 1. The van der Waals surface area contributed by atoms with Crippen LogP contribution in [0.3, 0.4) is 0 Å². The number of methoxy groups -OCH3 is 1. The fraction of sp³-hybridized carbons (Fsp3) is 0.235. The van der Waals surface area contributed by atoms with E-state index in [1.54, 1.807) is 35.7 Å². The van der Waals surface area contributed by atoms with Gasteiger partial charge < -0.3 is 15.4 Å². The van der Waals surface area contributed by atoms with E-state index >= 15 is 0 Å². The number of amides is 2. The lowest BCUT2D eigenvalue weighted by atomic mass is 10.2. The van der Waals surface area contributed by atoms with Crippen LogP contribution in [0.1, 0.15) is 33.6 Å². The number of carbonyl (C=O) groups excluding carboxylic acids is 3. The fourth-order valence-electron chi connectivity index (χ4n) is 1.98. The number of hydrogen-bond acceptors (Lipinski definition) is 5. The van der Waals surface area contributed by atoms with Gasteiger partial charge >= 0.3 is 5.97 Å². The van der Waals surface area contributed by atoms with Gasteiger partial charge in [0.15, 0.2) is 0 Å². The zero-order valence-electron chi connectivity index (χ0n) is 13.2. The molecule has 2 aromatic rings. The molecule has 6 nitrogen and oxygen atoms in total. The molecule has 126 valence electrons. The first-order valence-electron chi connectivity index (χ1n) is 7.39. The van der Waals surface area contributed by atoms with Crippen LogP contribution in [0.25, 0.3) is 0 Å². The lowest BCUT2D eigenvalue weighted by Crippen LogP contribution is -2.25. The molecule has 0 saturated heterocycles. The van der Waals surface area contributed by atoms with E-state index in [1.807, 2.05) is 5.38 Å². The normalized spacial score (nSPS) is 10.0. The number of hydrogen-bond donors (Lipinski definition) is 2. The van der Waals surface area contributed by atoms with E-state index in [4.69, 9.17) is 0 Å². The zero-order valence-corrected chi connectivity index (χ0v) is 14.0. The Hall–Kier alpha value is -2.67. The second kappa shape index (κ2) is 8.83. The maximum atomic E-state index is 11.8. The van der Waals surface area contributed by atoms with Crippen LogP contribution in [0.2, 0.25) is 0 Å². The Bertz CT molecular complexity index is 696. The molecule has 0 saturated carbocycles. The highest BCUT2D eigenvalue weighted by molar-refractivity contribution is 7.08. The molecule has 0 unspecified atom stereocenters. The molecule has 1 aromatic carbocycles. The largest absolute Gasteiger partial charge is 0.465 e. The Morgan fingerprint density at radius 2 is 1.83 bits per heavy atom. The van der Waals surface area contributed by atoms with Crippen LogP contribution < -0.4 is 10.6 Å². The van der Waals surface area contributed by atoms with Crippen LogP contribution in [0.15, 0.2) is 41.1 Å². The molecule has 1 aromatic heterocycles. The van der Waals surface area contributed by atoms with E-state index in [0.29, 0.717) is 36.2 Å². The van der Waals surface area contributed by atoms with Crippen LogP contribution in [-0.4, -0.2) is 31.4 Å². The number of carbonyl (C=O) groups is 3. The number of esters is 1. The van der Waals surface area contributed by atoms with Gasteiger partial charge in [-0.1, -0.05) is 0 Å². The van der Waals surface area contributed by atoms with Crippen molar-refractivity contribution in [3.63, 3.8) is 0 Å². The molecular formula is C17H18N2O4S. The highest BCUT2D eigenvalue weighted by Gasteiger charge is 2.07. The average molecular weight is 346 g/mol.